The van der Waals surface area contributed by atoms with Crippen molar-refractivity contribution in [2.24, 2.45) is 0 Å². The molecule has 1 saturated carbocycles. The Morgan fingerprint density at radius 2 is 1.84 bits per heavy atom. The minimum absolute atomic E-state index is 0.0899. The third kappa shape index (κ3) is 3.69. The molecule has 0 aromatic heterocycles. The van der Waals surface area contributed by atoms with Gasteiger partial charge in [-0.2, -0.15) is 20.5 Å². The van der Waals surface area contributed by atoms with Crippen molar-refractivity contribution in [1.82, 2.24) is 5.32 Å². The van der Waals surface area contributed by atoms with Crippen molar-refractivity contribution in [3.05, 3.63) is 35.9 Å². The number of hydrogen-bond donors (Lipinski definition) is 1. The van der Waals surface area contributed by atoms with Gasteiger partial charge in [0.05, 0.1) is 6.54 Å². The highest BCUT2D eigenvalue weighted by Gasteiger charge is 2.35. The van der Waals surface area contributed by atoms with E-state index in [9.17, 15) is 8.78 Å². The van der Waals surface area contributed by atoms with E-state index in [0.29, 0.717) is 6.54 Å². The Bertz CT molecular complexity index is 388. The Hall–Kier alpha value is -0.610. The molecular formula is C15H21F2NS. The average molecular weight is 285 g/mol. The number of nitrogens with one attached hydrogen (secondary N) is 1. The van der Waals surface area contributed by atoms with E-state index in [2.05, 4.69) is 11.6 Å². The van der Waals surface area contributed by atoms with Crippen LogP contribution in [0.3, 0.4) is 0 Å². The number of benzene rings is 1. The van der Waals surface area contributed by atoms with Crippen LogP contribution in [0.4, 0.5) is 8.78 Å². The van der Waals surface area contributed by atoms with Gasteiger partial charge in [-0.1, -0.05) is 43.2 Å². The van der Waals surface area contributed by atoms with Gasteiger partial charge in [0.15, 0.2) is 0 Å². The van der Waals surface area contributed by atoms with E-state index in [1.54, 1.807) is 18.2 Å². The monoisotopic (exact) mass is 285 g/mol. The van der Waals surface area contributed by atoms with Gasteiger partial charge in [-0.3, -0.25) is 0 Å². The van der Waals surface area contributed by atoms with Crippen LogP contribution in [0.25, 0.3) is 0 Å². The van der Waals surface area contributed by atoms with Crippen molar-refractivity contribution in [1.29, 1.82) is 0 Å². The second-order valence-electron chi connectivity index (χ2n) is 5.27. The van der Waals surface area contributed by atoms with Crippen LogP contribution in [0.15, 0.2) is 30.3 Å². The highest BCUT2D eigenvalue weighted by Crippen LogP contribution is 2.39. The van der Waals surface area contributed by atoms with Crippen LogP contribution in [-0.2, 0) is 5.92 Å². The molecule has 2 rings (SSSR count). The van der Waals surface area contributed by atoms with Crippen LogP contribution in [0.5, 0.6) is 0 Å². The molecule has 1 N–H and O–H groups in total. The first-order valence-corrected chi connectivity index (χ1v) is 8.00. The molecule has 1 fully saturated rings. The summed E-state index contributed by atoms with van der Waals surface area (Å²) in [5, 5.41) is 2.99. The second-order valence-corrected chi connectivity index (χ2v) is 6.54. The summed E-state index contributed by atoms with van der Waals surface area (Å²) >= 11 is 1.82. The summed E-state index contributed by atoms with van der Waals surface area (Å²) < 4.78 is 28.2. The largest absolute Gasteiger partial charge is 0.309 e. The number of halogens is 2. The number of hydrogen-bond acceptors (Lipinski definition) is 2. The molecule has 0 atom stereocenters. The zero-order valence-electron chi connectivity index (χ0n) is 11.3. The van der Waals surface area contributed by atoms with Crippen molar-refractivity contribution in [2.75, 3.05) is 19.3 Å². The third-order valence-electron chi connectivity index (χ3n) is 3.94. The van der Waals surface area contributed by atoms with Crippen molar-refractivity contribution < 1.29 is 8.78 Å². The predicted octanol–water partition coefficient (Wildman–Crippen LogP) is 4.04. The molecule has 1 aliphatic rings. The maximum Gasteiger partial charge on any atom is 0.285 e. The van der Waals surface area contributed by atoms with Gasteiger partial charge in [-0.05, 0) is 19.1 Å². The van der Waals surface area contributed by atoms with Crippen LogP contribution in [0.2, 0.25) is 0 Å². The standard InChI is InChI=1S/C15H21F2NS/c1-19-14(9-5-6-10-14)11-18-12-15(16,17)13-7-3-2-4-8-13/h2-4,7-8,18H,5-6,9-12H2,1H3. The average Bonchev–Trinajstić information content (AvgIpc) is 2.89. The second kappa shape index (κ2) is 6.23. The molecule has 19 heavy (non-hydrogen) atoms. The number of rotatable bonds is 6. The smallest absolute Gasteiger partial charge is 0.285 e. The van der Waals surface area contributed by atoms with Crippen molar-refractivity contribution in [3.63, 3.8) is 0 Å². The molecule has 0 unspecified atom stereocenters. The molecule has 0 radical (unpaired) electrons. The molecule has 1 aromatic rings. The lowest BCUT2D eigenvalue weighted by Gasteiger charge is -2.28. The van der Waals surface area contributed by atoms with E-state index >= 15 is 0 Å². The summed E-state index contributed by atoms with van der Waals surface area (Å²) in [5.41, 5.74) is 0.0899. The van der Waals surface area contributed by atoms with E-state index in [-0.39, 0.29) is 16.9 Å². The Labute approximate surface area is 118 Å². The summed E-state index contributed by atoms with van der Waals surface area (Å²) in [6.07, 6.45) is 6.80. The molecule has 0 aliphatic heterocycles. The summed E-state index contributed by atoms with van der Waals surface area (Å²) in [6, 6.07) is 8.05. The summed E-state index contributed by atoms with van der Waals surface area (Å²) in [7, 11) is 0. The van der Waals surface area contributed by atoms with Crippen LogP contribution in [0.1, 0.15) is 31.2 Å². The lowest BCUT2D eigenvalue weighted by Crippen LogP contribution is -2.40. The molecule has 0 spiro atoms. The minimum Gasteiger partial charge on any atom is -0.309 e. The molecule has 4 heteroatoms. The van der Waals surface area contributed by atoms with Gasteiger partial charge in [0, 0.05) is 16.9 Å². The maximum absolute atomic E-state index is 14.0. The molecule has 0 saturated heterocycles. The van der Waals surface area contributed by atoms with Gasteiger partial charge in [-0.25, -0.2) is 0 Å². The molecule has 1 aromatic carbocycles. The first-order chi connectivity index (χ1) is 9.08. The lowest BCUT2D eigenvalue weighted by atomic mass is 10.1. The van der Waals surface area contributed by atoms with E-state index in [0.717, 1.165) is 12.8 Å². The van der Waals surface area contributed by atoms with Gasteiger partial charge in [0.1, 0.15) is 0 Å². The molecular weight excluding hydrogens is 264 g/mol. The third-order valence-corrected chi connectivity index (χ3v) is 5.36. The first kappa shape index (κ1) is 14.8. The van der Waals surface area contributed by atoms with Gasteiger partial charge in [0.2, 0.25) is 0 Å². The van der Waals surface area contributed by atoms with Crippen LogP contribution < -0.4 is 5.32 Å². The van der Waals surface area contributed by atoms with Gasteiger partial charge < -0.3 is 5.32 Å². The van der Waals surface area contributed by atoms with Crippen LogP contribution >= 0.6 is 11.8 Å². The molecule has 0 bridgehead atoms. The SMILES string of the molecule is CSC1(CNCC(F)(F)c2ccccc2)CCCC1. The lowest BCUT2D eigenvalue weighted by molar-refractivity contribution is -0.00342. The van der Waals surface area contributed by atoms with Gasteiger partial charge >= 0.3 is 0 Å². The van der Waals surface area contributed by atoms with E-state index in [1.165, 1.54) is 25.0 Å². The van der Waals surface area contributed by atoms with Gasteiger partial charge in [0.25, 0.3) is 5.92 Å². The summed E-state index contributed by atoms with van der Waals surface area (Å²) in [6.45, 7) is 0.399. The van der Waals surface area contributed by atoms with Gasteiger partial charge in [-0.15, -0.1) is 0 Å². The molecule has 0 heterocycles. The quantitative estimate of drug-likeness (QED) is 0.846. The predicted molar refractivity (Wildman–Crippen MR) is 77.9 cm³/mol. The Kier molecular flexibility index (Phi) is 4.85. The fourth-order valence-corrected chi connectivity index (χ4v) is 3.65. The Morgan fingerprint density at radius 1 is 1.21 bits per heavy atom. The first-order valence-electron chi connectivity index (χ1n) is 6.77. The Morgan fingerprint density at radius 3 is 2.42 bits per heavy atom. The summed E-state index contributed by atoms with van der Waals surface area (Å²) in [4.78, 5) is 0. The number of thioether (sulfide) groups is 1. The van der Waals surface area contributed by atoms with E-state index in [4.69, 9.17) is 0 Å². The number of alkyl halides is 2. The molecule has 0 amide bonds. The zero-order valence-corrected chi connectivity index (χ0v) is 12.1. The Balaban J connectivity index is 1.88. The van der Waals surface area contributed by atoms with Crippen molar-refractivity contribution in [2.45, 2.75) is 36.4 Å². The minimum atomic E-state index is -2.79. The normalized spacial score (nSPS) is 18.7. The zero-order chi connectivity index (χ0) is 13.8. The topological polar surface area (TPSA) is 12.0 Å². The van der Waals surface area contributed by atoms with E-state index < -0.39 is 5.92 Å². The molecule has 1 nitrogen and oxygen atoms in total. The van der Waals surface area contributed by atoms with Crippen molar-refractivity contribution >= 4 is 11.8 Å². The van der Waals surface area contributed by atoms with Crippen LogP contribution in [0, 0.1) is 0 Å². The fraction of sp³-hybridized carbons (Fsp3) is 0.600. The molecule has 1 aliphatic carbocycles. The summed E-state index contributed by atoms with van der Waals surface area (Å²) in [5.74, 6) is -2.79. The van der Waals surface area contributed by atoms with E-state index in [1.807, 2.05) is 11.8 Å². The highest BCUT2D eigenvalue weighted by atomic mass is 32.2. The fourth-order valence-electron chi connectivity index (χ4n) is 2.70. The van der Waals surface area contributed by atoms with Crippen molar-refractivity contribution in [3.8, 4) is 0 Å². The highest BCUT2D eigenvalue weighted by molar-refractivity contribution is 8.00. The maximum atomic E-state index is 14.0. The van der Waals surface area contributed by atoms with Crippen LogP contribution in [-0.4, -0.2) is 24.1 Å². The molecule has 106 valence electrons.